The van der Waals surface area contributed by atoms with E-state index in [1.165, 1.54) is 0 Å². The Morgan fingerprint density at radius 1 is 1.27 bits per heavy atom. The Balaban J connectivity index is 1.53. The zero-order chi connectivity index (χ0) is 15.5. The summed E-state index contributed by atoms with van der Waals surface area (Å²) in [6.45, 7) is 9.99. The first-order chi connectivity index (χ1) is 10.7. The van der Waals surface area contributed by atoms with Gasteiger partial charge in [0.15, 0.2) is 0 Å². The molecule has 122 valence electrons. The van der Waals surface area contributed by atoms with Crippen LogP contribution in [0.3, 0.4) is 0 Å². The molecule has 1 aromatic rings. The number of aryl methyl sites for hydroxylation is 1. The number of piperidine rings is 1. The van der Waals surface area contributed by atoms with Crippen LogP contribution in [0.5, 0.6) is 0 Å². The maximum absolute atomic E-state index is 12.6. The summed E-state index contributed by atoms with van der Waals surface area (Å²) in [7, 11) is 0. The minimum Gasteiger partial charge on any atom is -0.379 e. The molecule has 3 rings (SSSR count). The van der Waals surface area contributed by atoms with Crippen molar-refractivity contribution in [1.82, 2.24) is 9.80 Å². The molecule has 2 aliphatic heterocycles. The van der Waals surface area contributed by atoms with Crippen molar-refractivity contribution in [3.63, 3.8) is 0 Å². The topological polar surface area (TPSA) is 32.8 Å². The summed E-state index contributed by atoms with van der Waals surface area (Å²) in [6.07, 6.45) is 2.24. The van der Waals surface area contributed by atoms with E-state index in [4.69, 9.17) is 4.74 Å². The Bertz CT molecular complexity index is 503. The number of likely N-dealkylation sites (tertiary alicyclic amines) is 1. The molecule has 0 bridgehead atoms. The number of rotatable bonds is 3. The van der Waals surface area contributed by atoms with Crippen LogP contribution in [0.15, 0.2) is 11.4 Å². The van der Waals surface area contributed by atoms with Crippen molar-refractivity contribution in [3.8, 4) is 0 Å². The Kier molecular flexibility index (Phi) is 5.16. The fraction of sp³-hybridized carbons (Fsp3) is 0.706. The molecule has 4 nitrogen and oxygen atoms in total. The predicted octanol–water partition coefficient (Wildman–Crippen LogP) is 2.63. The second-order valence-electron chi connectivity index (χ2n) is 6.45. The smallest absolute Gasteiger partial charge is 0.264 e. The summed E-state index contributed by atoms with van der Waals surface area (Å²) in [4.78, 5) is 18.1. The van der Waals surface area contributed by atoms with Crippen molar-refractivity contribution in [2.75, 3.05) is 39.4 Å². The molecule has 0 radical (unpaired) electrons. The van der Waals surface area contributed by atoms with Gasteiger partial charge in [-0.2, -0.15) is 0 Å². The normalized spacial score (nSPS) is 22.7. The van der Waals surface area contributed by atoms with Gasteiger partial charge in [0.2, 0.25) is 0 Å². The molecule has 0 saturated carbocycles. The molecule has 5 heteroatoms. The molecule has 1 aromatic heterocycles. The van der Waals surface area contributed by atoms with Crippen molar-refractivity contribution >= 4 is 17.2 Å². The van der Waals surface area contributed by atoms with E-state index in [-0.39, 0.29) is 5.91 Å². The summed E-state index contributed by atoms with van der Waals surface area (Å²) in [5, 5.41) is 2.01. The largest absolute Gasteiger partial charge is 0.379 e. The zero-order valence-electron chi connectivity index (χ0n) is 13.6. The van der Waals surface area contributed by atoms with E-state index in [2.05, 4.69) is 11.8 Å². The van der Waals surface area contributed by atoms with Gasteiger partial charge in [-0.15, -0.1) is 11.3 Å². The summed E-state index contributed by atoms with van der Waals surface area (Å²) in [6, 6.07) is 2.63. The molecule has 2 fully saturated rings. The van der Waals surface area contributed by atoms with Crippen molar-refractivity contribution in [2.24, 2.45) is 5.92 Å². The van der Waals surface area contributed by atoms with Crippen molar-refractivity contribution in [2.45, 2.75) is 32.7 Å². The van der Waals surface area contributed by atoms with E-state index in [0.717, 1.165) is 62.7 Å². The number of amides is 1. The average molecular weight is 322 g/mol. The summed E-state index contributed by atoms with van der Waals surface area (Å²) >= 11 is 1.57. The van der Waals surface area contributed by atoms with Crippen LogP contribution < -0.4 is 0 Å². The maximum Gasteiger partial charge on any atom is 0.264 e. The monoisotopic (exact) mass is 322 g/mol. The SMILES string of the molecule is Cc1ccsc1C(=O)N1CCC([C@H](C)N2CCOCC2)CC1. The van der Waals surface area contributed by atoms with Crippen molar-refractivity contribution in [3.05, 3.63) is 21.9 Å². The van der Waals surface area contributed by atoms with Crippen LogP contribution in [0, 0.1) is 12.8 Å². The van der Waals surface area contributed by atoms with E-state index in [1.54, 1.807) is 11.3 Å². The van der Waals surface area contributed by atoms with Crippen LogP contribution in [-0.4, -0.2) is 61.1 Å². The first-order valence-electron chi connectivity index (χ1n) is 8.32. The molecule has 2 saturated heterocycles. The highest BCUT2D eigenvalue weighted by Gasteiger charge is 2.30. The number of hydrogen-bond acceptors (Lipinski definition) is 4. The molecule has 0 aromatic carbocycles. The van der Waals surface area contributed by atoms with Crippen LogP contribution in [0.2, 0.25) is 0 Å². The van der Waals surface area contributed by atoms with Crippen LogP contribution in [0.4, 0.5) is 0 Å². The lowest BCUT2D eigenvalue weighted by Gasteiger charge is -2.41. The van der Waals surface area contributed by atoms with Crippen molar-refractivity contribution in [1.29, 1.82) is 0 Å². The van der Waals surface area contributed by atoms with E-state index < -0.39 is 0 Å². The summed E-state index contributed by atoms with van der Waals surface area (Å²) < 4.78 is 5.44. The van der Waals surface area contributed by atoms with Crippen molar-refractivity contribution < 1.29 is 9.53 Å². The first kappa shape index (κ1) is 16.0. The van der Waals surface area contributed by atoms with Gasteiger partial charge in [-0.25, -0.2) is 0 Å². The van der Waals surface area contributed by atoms with Gasteiger partial charge in [-0.05, 0) is 49.6 Å². The van der Waals surface area contributed by atoms with Crippen LogP contribution in [0.25, 0.3) is 0 Å². The maximum atomic E-state index is 12.6. The zero-order valence-corrected chi connectivity index (χ0v) is 14.4. The molecule has 3 heterocycles. The second kappa shape index (κ2) is 7.11. The fourth-order valence-electron chi connectivity index (χ4n) is 3.60. The molecule has 0 aliphatic carbocycles. The molecule has 1 amide bonds. The number of ether oxygens (including phenoxy) is 1. The quantitative estimate of drug-likeness (QED) is 0.857. The predicted molar refractivity (Wildman–Crippen MR) is 89.5 cm³/mol. The Hall–Kier alpha value is -0.910. The number of thiophene rings is 1. The molecule has 2 aliphatic rings. The lowest BCUT2D eigenvalue weighted by molar-refractivity contribution is -0.000923. The molecular weight excluding hydrogens is 296 g/mol. The number of carbonyl (C=O) groups is 1. The van der Waals surface area contributed by atoms with Gasteiger partial charge in [-0.1, -0.05) is 0 Å². The van der Waals surface area contributed by atoms with E-state index in [9.17, 15) is 4.79 Å². The Morgan fingerprint density at radius 3 is 2.55 bits per heavy atom. The molecule has 0 N–H and O–H groups in total. The molecule has 22 heavy (non-hydrogen) atoms. The van der Waals surface area contributed by atoms with Gasteiger partial charge < -0.3 is 9.64 Å². The third-order valence-electron chi connectivity index (χ3n) is 5.19. The molecular formula is C17H26N2O2S. The third kappa shape index (κ3) is 3.36. The van der Waals surface area contributed by atoms with Crippen LogP contribution in [-0.2, 0) is 4.74 Å². The minimum atomic E-state index is 0.227. The first-order valence-corrected chi connectivity index (χ1v) is 9.20. The van der Waals surface area contributed by atoms with Gasteiger partial charge in [0.1, 0.15) is 0 Å². The van der Waals surface area contributed by atoms with Gasteiger partial charge in [0.25, 0.3) is 5.91 Å². The average Bonchev–Trinajstić information content (AvgIpc) is 3.00. The highest BCUT2D eigenvalue weighted by atomic mass is 32.1. The highest BCUT2D eigenvalue weighted by Crippen LogP contribution is 2.27. The number of nitrogens with zero attached hydrogens (tertiary/aromatic N) is 2. The third-order valence-corrected chi connectivity index (χ3v) is 6.19. The van der Waals surface area contributed by atoms with Gasteiger partial charge in [0.05, 0.1) is 18.1 Å². The van der Waals surface area contributed by atoms with Crippen LogP contribution >= 0.6 is 11.3 Å². The number of morpholine rings is 1. The van der Waals surface area contributed by atoms with E-state index in [1.807, 2.05) is 23.3 Å². The standard InChI is InChI=1S/C17H26N2O2S/c1-13-5-12-22-16(13)17(20)19-6-3-15(4-7-19)14(2)18-8-10-21-11-9-18/h5,12,14-15H,3-4,6-11H2,1-2H3/t14-/m0/s1. The molecule has 0 spiro atoms. The van der Waals surface area contributed by atoms with Crippen LogP contribution in [0.1, 0.15) is 35.0 Å². The number of hydrogen-bond donors (Lipinski definition) is 0. The van der Waals surface area contributed by atoms with E-state index in [0.29, 0.717) is 12.0 Å². The lowest BCUT2D eigenvalue weighted by Crippen LogP contribution is -2.49. The Labute approximate surface area is 137 Å². The van der Waals surface area contributed by atoms with Gasteiger partial charge in [-0.3, -0.25) is 9.69 Å². The minimum absolute atomic E-state index is 0.227. The summed E-state index contributed by atoms with van der Waals surface area (Å²) in [5.74, 6) is 0.927. The van der Waals surface area contributed by atoms with Gasteiger partial charge >= 0.3 is 0 Å². The second-order valence-corrected chi connectivity index (χ2v) is 7.37. The lowest BCUT2D eigenvalue weighted by atomic mass is 9.89. The Morgan fingerprint density at radius 2 is 1.95 bits per heavy atom. The fourth-order valence-corrected chi connectivity index (χ4v) is 4.50. The molecule has 1 atom stereocenters. The molecule has 0 unspecified atom stereocenters. The highest BCUT2D eigenvalue weighted by molar-refractivity contribution is 7.12. The summed E-state index contributed by atoms with van der Waals surface area (Å²) in [5.41, 5.74) is 1.11. The number of carbonyl (C=O) groups excluding carboxylic acids is 1. The van der Waals surface area contributed by atoms with E-state index >= 15 is 0 Å². The van der Waals surface area contributed by atoms with Gasteiger partial charge in [0, 0.05) is 32.2 Å².